The lowest BCUT2D eigenvalue weighted by atomic mass is 9.46. The van der Waals surface area contributed by atoms with E-state index in [1.807, 2.05) is 30.4 Å². The molecular weight excluding hydrogens is 1610 g/mol. The maximum absolute atomic E-state index is 12.9. The predicted octanol–water partition coefficient (Wildman–Crippen LogP) is 20.0. The zero-order valence-corrected chi connectivity index (χ0v) is 81.5. The van der Waals surface area contributed by atoms with Crippen LogP contribution < -0.4 is 0 Å². The first-order valence-corrected chi connectivity index (χ1v) is 53.6. The molecule has 0 aliphatic heterocycles. The van der Waals surface area contributed by atoms with Crippen molar-refractivity contribution in [3.63, 3.8) is 0 Å². The lowest BCUT2D eigenvalue weighted by Crippen LogP contribution is -2.55. The van der Waals surface area contributed by atoms with Crippen LogP contribution in [0.4, 0.5) is 0 Å². The van der Waals surface area contributed by atoms with Crippen molar-refractivity contribution in [2.45, 2.75) is 433 Å². The summed E-state index contributed by atoms with van der Waals surface area (Å²) in [6.45, 7) is 28.0. The molecule has 40 atom stereocenters. The number of ketones is 5. The molecule has 0 bridgehead atoms. The summed E-state index contributed by atoms with van der Waals surface area (Å²) in [5.74, 6) is 11.4. The van der Waals surface area contributed by atoms with E-state index in [-0.39, 0.29) is 144 Å². The van der Waals surface area contributed by atoms with Crippen molar-refractivity contribution < 1.29 is 75.0 Å². The highest BCUT2D eigenvalue weighted by molar-refractivity contribution is 5.95. The van der Waals surface area contributed by atoms with Crippen LogP contribution in [0.15, 0.2) is 69.9 Å². The van der Waals surface area contributed by atoms with Crippen LogP contribution in [-0.2, 0) is 24.0 Å². The van der Waals surface area contributed by atoms with E-state index in [0.717, 1.165) is 215 Å². The van der Waals surface area contributed by atoms with Gasteiger partial charge < -0.3 is 51.1 Å². The molecule has 0 aromatic rings. The van der Waals surface area contributed by atoms with Gasteiger partial charge in [0.25, 0.3) is 0 Å². The smallest absolute Gasteiger partial charge is 0.159 e. The number of hydrogen-bond acceptors (Lipinski definition) is 15. The molecule has 0 amide bonds. The third-order valence-electron chi connectivity index (χ3n) is 47.6. The van der Waals surface area contributed by atoms with Gasteiger partial charge in [-0.25, -0.2) is 0 Å². The van der Waals surface area contributed by atoms with Crippen LogP contribution in [0.1, 0.15) is 372 Å². The van der Waals surface area contributed by atoms with E-state index in [1.165, 1.54) is 105 Å². The van der Waals surface area contributed by atoms with Gasteiger partial charge in [0.2, 0.25) is 0 Å². The summed E-state index contributed by atoms with van der Waals surface area (Å²) in [7, 11) is 0. The van der Waals surface area contributed by atoms with E-state index in [9.17, 15) is 75.0 Å². The average Bonchev–Trinajstić information content (AvgIpc) is 1.70. The summed E-state index contributed by atoms with van der Waals surface area (Å²) in [5.41, 5.74) is 9.60. The summed E-state index contributed by atoms with van der Waals surface area (Å²) in [5, 5.41) is 104. The fraction of sp³-hybridized carbons (Fsp3) is 0.851. The number of carbonyl (C=O) groups excluding carboxylic acids is 5. The third-order valence-corrected chi connectivity index (χ3v) is 47.6. The molecule has 15 heteroatoms. The summed E-state index contributed by atoms with van der Waals surface area (Å²) >= 11 is 0. The van der Waals surface area contributed by atoms with Crippen molar-refractivity contribution in [1.82, 2.24) is 0 Å². The molecule has 0 aromatic heterocycles. The first kappa shape index (κ1) is 94.4. The van der Waals surface area contributed by atoms with Crippen LogP contribution >= 0.6 is 0 Å². The Hall–Kier alpha value is -3.61. The Morgan fingerprint density at radius 1 is 0.233 bits per heavy atom. The van der Waals surface area contributed by atoms with Crippen LogP contribution in [0.25, 0.3) is 0 Å². The quantitative estimate of drug-likeness (QED) is 0.101. The number of fused-ring (bicyclic) bond motifs is 30. The molecule has 24 aliphatic rings. The molecular formula is C114H170O15. The number of aliphatic hydroxyl groups is 10. The van der Waals surface area contributed by atoms with E-state index < -0.39 is 0 Å². The number of carbonyl (C=O) groups is 5. The Morgan fingerprint density at radius 2 is 0.512 bits per heavy atom. The van der Waals surface area contributed by atoms with Gasteiger partial charge in [0.1, 0.15) is 0 Å². The van der Waals surface area contributed by atoms with Gasteiger partial charge in [-0.05, 0) is 459 Å². The molecule has 0 spiro atoms. The van der Waals surface area contributed by atoms with Crippen LogP contribution in [0, 0.1) is 172 Å². The average molecular weight is 1780 g/mol. The highest BCUT2D eigenvalue weighted by atomic mass is 16.3. The second-order valence-electron chi connectivity index (χ2n) is 52.3. The Bertz CT molecular complexity index is 4360. The Balaban J connectivity index is 0.000000101. The number of rotatable bonds is 0. The van der Waals surface area contributed by atoms with Gasteiger partial charge in [0.15, 0.2) is 28.9 Å². The van der Waals surface area contributed by atoms with Gasteiger partial charge in [0, 0.05) is 31.6 Å². The fourth-order valence-corrected chi connectivity index (χ4v) is 39.0. The summed E-state index contributed by atoms with van der Waals surface area (Å²) in [6.07, 6.45) is 55.7. The molecule has 24 aliphatic carbocycles. The molecule has 18 saturated carbocycles. The summed E-state index contributed by atoms with van der Waals surface area (Å²) in [6, 6.07) is 0. The molecule has 0 aromatic carbocycles. The van der Waals surface area contributed by atoms with Crippen molar-refractivity contribution in [3.8, 4) is 0 Å². The molecule has 0 unspecified atom stereocenters. The maximum Gasteiger partial charge on any atom is 0.159 e. The van der Waals surface area contributed by atoms with Crippen molar-refractivity contribution in [2.75, 3.05) is 0 Å². The second kappa shape index (κ2) is 33.9. The number of allylic oxidation sites excluding steroid dienone is 4. The normalized spacial score (nSPS) is 54.1. The van der Waals surface area contributed by atoms with Crippen LogP contribution in [0.2, 0.25) is 0 Å². The van der Waals surface area contributed by atoms with E-state index in [2.05, 4.69) is 89.2 Å². The Morgan fingerprint density at radius 3 is 0.899 bits per heavy atom. The van der Waals surface area contributed by atoms with Crippen LogP contribution in [0.3, 0.4) is 0 Å². The van der Waals surface area contributed by atoms with E-state index in [1.54, 1.807) is 5.57 Å². The van der Waals surface area contributed by atoms with E-state index in [4.69, 9.17) is 0 Å². The fourth-order valence-electron chi connectivity index (χ4n) is 39.0. The molecule has 0 saturated heterocycles. The summed E-state index contributed by atoms with van der Waals surface area (Å²) < 4.78 is 0. The van der Waals surface area contributed by atoms with Gasteiger partial charge in [-0.15, -0.1) is 0 Å². The molecule has 18 fully saturated rings. The monoisotopic (exact) mass is 1780 g/mol. The van der Waals surface area contributed by atoms with Gasteiger partial charge in [-0.3, -0.25) is 24.0 Å². The topological polar surface area (TPSA) is 288 Å². The van der Waals surface area contributed by atoms with E-state index in [0.29, 0.717) is 114 Å². The lowest BCUT2D eigenvalue weighted by molar-refractivity contribution is -0.136. The zero-order chi connectivity index (χ0) is 91.6. The molecule has 15 nitrogen and oxygen atoms in total. The first-order valence-electron chi connectivity index (χ1n) is 53.6. The standard InChI is InChI=1S/3C19H28O3.C19H30O2.2C19H28O2/c3*1-18-7-5-12(20)9-11(18)10-15(21)17-13-3-4-16(22)19(13,2)8-6-14(17)18;3*1-18-9-7-13(20)11-12(18)3-4-14-15-5-6-17(21)19(15,2)10-8-16(14)18/h10,12-14,16-17,20,22H,3-9H2,1-2H3;2*9,13-17,21-22H,3-8,10H2,1-2H3;3,13-17,20-21H,4-11H2,1-2H3;2*11,14-17,21H,3-10H2,1-2H3/t12-,13-,14-,16-,17-,18-,19-;13-,14-,15+,16-,17-,18-,19-;2*13-,14-,15-,16-,17-,18-,19-;2*14-,15-,16-,17-,18-,19-/m000000/s1. The number of aliphatic hydroxyl groups excluding tert-OH is 10. The highest BCUT2D eigenvalue weighted by Gasteiger charge is 2.68. The van der Waals surface area contributed by atoms with Crippen molar-refractivity contribution in [1.29, 1.82) is 0 Å². The van der Waals surface area contributed by atoms with Crippen LogP contribution in [0.5, 0.6) is 0 Å². The summed E-state index contributed by atoms with van der Waals surface area (Å²) in [4.78, 5) is 60.1. The van der Waals surface area contributed by atoms with Crippen molar-refractivity contribution in [3.05, 3.63) is 69.9 Å². The lowest BCUT2D eigenvalue weighted by Gasteiger charge is -2.59. The zero-order valence-electron chi connectivity index (χ0n) is 81.5. The molecule has 24 rings (SSSR count). The van der Waals surface area contributed by atoms with Gasteiger partial charge in [-0.1, -0.05) is 123 Å². The molecule has 716 valence electrons. The molecule has 10 N–H and O–H groups in total. The maximum atomic E-state index is 12.9. The number of hydrogen-bond donors (Lipinski definition) is 10. The molecule has 0 heterocycles. The predicted molar refractivity (Wildman–Crippen MR) is 501 cm³/mol. The van der Waals surface area contributed by atoms with Crippen molar-refractivity contribution in [2.24, 2.45) is 172 Å². The Labute approximate surface area is 773 Å². The molecule has 0 radical (unpaired) electrons. The van der Waals surface area contributed by atoms with Crippen molar-refractivity contribution >= 4 is 28.9 Å². The van der Waals surface area contributed by atoms with Gasteiger partial charge >= 0.3 is 0 Å². The SMILES string of the molecule is C[C@]12CC[C@H]3[C@@H](C(=O)C=C4C[C@@H](O)CC[C@@]43C)[C@@H]1CC[C@@H]2O.C[C@]12CC[C@H]3[C@@H](CC=C4C[C@@H](O)CC[C@@]43C)[C@@H]1CC[C@@H]2O.C[C@]12CC[C@H]3[C@@H](CCC4=CC(=O)CC[C@@]43C)[C@@H]1CC[C@@H]2O.C[C@]12CC[C@H]3[C@@H](CCC4=CC(=O)CC[C@@]43C)[C@@H]1CC[C@@H]2O.C[C@]12CC[C@H]3[C@@H]([C@@H](O)CC4=CC(=O)CC[C@@]43C)[C@@H]1CC[C@@H]2O.C[C@]12CC[C@H]3[C@@H]([C@H](O)CC4=CC(=O)CC[C@@]43C)[C@@H]1CC[C@@H]2O. The second-order valence-corrected chi connectivity index (χ2v) is 52.3. The highest BCUT2D eigenvalue weighted by Crippen LogP contribution is 2.73. The Kier molecular flexibility index (Phi) is 24.8. The van der Waals surface area contributed by atoms with Gasteiger partial charge in [0.05, 0.1) is 61.0 Å². The minimum absolute atomic E-state index is 0.00971. The minimum atomic E-state index is -0.342. The largest absolute Gasteiger partial charge is 0.393 e. The van der Waals surface area contributed by atoms with Gasteiger partial charge in [-0.2, -0.15) is 0 Å². The first-order chi connectivity index (χ1) is 60.9. The van der Waals surface area contributed by atoms with Crippen LogP contribution in [-0.4, -0.2) is 141 Å². The third kappa shape index (κ3) is 14.9. The minimum Gasteiger partial charge on any atom is -0.393 e. The van der Waals surface area contributed by atoms with E-state index >= 15 is 0 Å². The molecule has 129 heavy (non-hydrogen) atoms.